The Hall–Kier alpha value is -4.72. The average Bonchev–Trinajstić information content (AvgIpc) is 3.40. The average molecular weight is 748 g/mol. The minimum atomic E-state index is -1.88. The molecule has 0 aromatic heterocycles. The fraction of sp³-hybridized carbons (Fsp3) is 0.513. The fourth-order valence-electron chi connectivity index (χ4n) is 7.19. The van der Waals surface area contributed by atoms with Gasteiger partial charge in [0, 0.05) is 25.4 Å². The van der Waals surface area contributed by atoms with Gasteiger partial charge in [0.25, 0.3) is 5.91 Å². The summed E-state index contributed by atoms with van der Waals surface area (Å²) in [5.41, 5.74) is 0.824. The standard InChI is InChI=1S/C39H49N5O8S/c1-25-16-18-30(19-17-25)53(50)42-35(47)39-21-28(39)14-8-6-5-7-9-15-31(40-36(48)52-38(2,3)4)34(46)44-24-29(20-32(44)33(45)41-39)51-37(49)43-22-26-12-10-11-13-27(26)23-43/h8,10-14,16-19,28-29,31-32H,5-7,9,15,20-24H2,1-4H3,(H,40,48)(H,41,45)(H,42,47)/b14-8-/t28-,29-,31+,32+,39-,53+/m1/s1. The zero-order valence-electron chi connectivity index (χ0n) is 30.7. The van der Waals surface area contributed by atoms with Gasteiger partial charge in [-0.2, -0.15) is 0 Å². The molecule has 3 heterocycles. The maximum Gasteiger partial charge on any atom is 0.410 e. The van der Waals surface area contributed by atoms with Crippen LogP contribution in [0.1, 0.15) is 82.4 Å². The Morgan fingerprint density at radius 3 is 2.36 bits per heavy atom. The van der Waals surface area contributed by atoms with Gasteiger partial charge in [-0.05, 0) is 76.6 Å². The Morgan fingerprint density at radius 2 is 1.68 bits per heavy atom. The predicted molar refractivity (Wildman–Crippen MR) is 196 cm³/mol. The molecule has 0 radical (unpaired) electrons. The van der Waals surface area contributed by atoms with Crippen molar-refractivity contribution in [2.24, 2.45) is 5.92 Å². The van der Waals surface area contributed by atoms with E-state index in [2.05, 4.69) is 15.4 Å². The third-order valence-corrected chi connectivity index (χ3v) is 11.2. The summed E-state index contributed by atoms with van der Waals surface area (Å²) in [7, 11) is -1.88. The number of fused-ring (bicyclic) bond motifs is 3. The normalized spacial score (nSPS) is 27.1. The number of aryl methyl sites for hydroxylation is 1. The van der Waals surface area contributed by atoms with E-state index in [0.717, 1.165) is 36.0 Å². The van der Waals surface area contributed by atoms with Crippen molar-refractivity contribution in [2.45, 2.75) is 120 Å². The highest BCUT2D eigenvalue weighted by Crippen LogP contribution is 2.46. The fourth-order valence-corrected chi connectivity index (χ4v) is 8.04. The molecule has 4 aliphatic rings. The molecule has 1 saturated heterocycles. The Balaban J connectivity index is 1.25. The lowest BCUT2D eigenvalue weighted by Gasteiger charge is -2.30. The van der Waals surface area contributed by atoms with Gasteiger partial charge in [0.15, 0.2) is 11.0 Å². The van der Waals surface area contributed by atoms with Crippen molar-refractivity contribution in [3.8, 4) is 0 Å². The molecule has 2 aromatic carbocycles. The number of nitrogens with one attached hydrogen (secondary N) is 3. The van der Waals surface area contributed by atoms with Crippen LogP contribution in [0.5, 0.6) is 0 Å². The summed E-state index contributed by atoms with van der Waals surface area (Å²) in [4.78, 5) is 72.2. The highest BCUT2D eigenvalue weighted by molar-refractivity contribution is 7.83. The number of amides is 5. The molecule has 14 heteroatoms. The van der Waals surface area contributed by atoms with E-state index in [9.17, 15) is 28.2 Å². The molecular formula is C39H49N5O8S. The van der Waals surface area contributed by atoms with E-state index in [1.165, 1.54) is 4.90 Å². The van der Waals surface area contributed by atoms with Crippen molar-refractivity contribution >= 4 is 40.9 Å². The number of carbonyl (C=O) groups is 5. The maximum absolute atomic E-state index is 14.4. The van der Waals surface area contributed by atoms with E-state index in [4.69, 9.17) is 9.47 Å². The molecular weight excluding hydrogens is 699 g/mol. The summed E-state index contributed by atoms with van der Waals surface area (Å²) in [5, 5.41) is 5.66. The molecule has 13 nitrogen and oxygen atoms in total. The van der Waals surface area contributed by atoms with Gasteiger partial charge in [-0.3, -0.25) is 24.0 Å². The molecule has 1 aliphatic carbocycles. The van der Waals surface area contributed by atoms with Gasteiger partial charge in [-0.15, -0.1) is 0 Å². The number of allylic oxidation sites excluding steroid dienone is 1. The van der Waals surface area contributed by atoms with Gasteiger partial charge < -0.3 is 25.0 Å². The number of carbonyl (C=O) groups excluding carboxylic acids is 5. The summed E-state index contributed by atoms with van der Waals surface area (Å²) in [5.74, 6) is -2.07. The summed E-state index contributed by atoms with van der Waals surface area (Å²) in [6, 6.07) is 12.6. The molecule has 284 valence electrons. The van der Waals surface area contributed by atoms with Gasteiger partial charge >= 0.3 is 12.2 Å². The van der Waals surface area contributed by atoms with Crippen LogP contribution in [-0.2, 0) is 47.9 Å². The van der Waals surface area contributed by atoms with Crippen LogP contribution in [0.3, 0.4) is 0 Å². The second-order valence-corrected chi connectivity index (χ2v) is 16.6. The van der Waals surface area contributed by atoms with E-state index < -0.39 is 70.2 Å². The third-order valence-electron chi connectivity index (χ3n) is 10.1. The van der Waals surface area contributed by atoms with Gasteiger partial charge in [-0.25, -0.2) is 13.8 Å². The SMILES string of the molecule is Cc1ccc([S@](=O)NC(=O)[C@@]23C[C@H]2/C=C\CCCCC[C@H](NC(=O)OC(C)(C)C)C(=O)N2C[C@H](OC(=O)N4Cc5ccccc5C4)C[C@H]2C(=O)N3)cc1. The van der Waals surface area contributed by atoms with Gasteiger partial charge in [-0.1, -0.05) is 67.0 Å². The summed E-state index contributed by atoms with van der Waals surface area (Å²) >= 11 is 0. The molecule has 6 atom stereocenters. The molecule has 6 rings (SSSR count). The van der Waals surface area contributed by atoms with Gasteiger partial charge in [0.1, 0.15) is 29.3 Å². The first-order valence-corrected chi connectivity index (χ1v) is 19.5. The Kier molecular flexibility index (Phi) is 11.3. The maximum atomic E-state index is 14.4. The first kappa shape index (κ1) is 38.0. The second kappa shape index (κ2) is 15.7. The van der Waals surface area contributed by atoms with Crippen LogP contribution in [0.25, 0.3) is 0 Å². The van der Waals surface area contributed by atoms with Crippen LogP contribution in [0.4, 0.5) is 9.59 Å². The van der Waals surface area contributed by atoms with Crippen molar-refractivity contribution in [1.29, 1.82) is 0 Å². The smallest absolute Gasteiger partial charge is 0.410 e. The number of alkyl carbamates (subject to hydrolysis) is 1. The number of hydrogen-bond donors (Lipinski definition) is 3. The number of ether oxygens (including phenoxy) is 2. The topological polar surface area (TPSA) is 163 Å². The monoisotopic (exact) mass is 747 g/mol. The zero-order chi connectivity index (χ0) is 37.9. The van der Waals surface area contributed by atoms with E-state index in [1.54, 1.807) is 49.9 Å². The molecule has 0 unspecified atom stereocenters. The number of nitrogens with zero attached hydrogens (tertiary/aromatic N) is 2. The van der Waals surface area contributed by atoms with Crippen LogP contribution >= 0.6 is 0 Å². The van der Waals surface area contributed by atoms with E-state index >= 15 is 0 Å². The largest absolute Gasteiger partial charge is 0.444 e. The lowest BCUT2D eigenvalue weighted by Crippen LogP contribution is -2.58. The number of rotatable bonds is 5. The van der Waals surface area contributed by atoms with Gasteiger partial charge in [0.2, 0.25) is 11.8 Å². The van der Waals surface area contributed by atoms with Crippen LogP contribution < -0.4 is 15.4 Å². The zero-order valence-corrected chi connectivity index (χ0v) is 31.5. The lowest BCUT2D eigenvalue weighted by molar-refractivity contribution is -0.141. The molecule has 53 heavy (non-hydrogen) atoms. The molecule has 0 spiro atoms. The molecule has 5 amide bonds. The highest BCUT2D eigenvalue weighted by Gasteiger charge is 2.61. The first-order valence-electron chi connectivity index (χ1n) is 18.3. The lowest BCUT2D eigenvalue weighted by atomic mass is 10.0. The second-order valence-electron chi connectivity index (χ2n) is 15.4. The van der Waals surface area contributed by atoms with E-state index in [1.807, 2.05) is 43.3 Å². The quantitative estimate of drug-likeness (QED) is 0.376. The van der Waals surface area contributed by atoms with Crippen LogP contribution in [-0.4, -0.2) is 79.8 Å². The Bertz CT molecular complexity index is 1770. The van der Waals surface area contributed by atoms with Crippen molar-refractivity contribution < 1.29 is 37.7 Å². The van der Waals surface area contributed by atoms with Crippen LogP contribution in [0.2, 0.25) is 0 Å². The van der Waals surface area contributed by atoms with E-state index in [-0.39, 0.29) is 25.3 Å². The van der Waals surface area contributed by atoms with Crippen molar-refractivity contribution in [3.63, 3.8) is 0 Å². The molecule has 0 bridgehead atoms. The Morgan fingerprint density at radius 1 is 0.981 bits per heavy atom. The van der Waals surface area contributed by atoms with Gasteiger partial charge in [0.05, 0.1) is 11.4 Å². The predicted octanol–water partition coefficient (Wildman–Crippen LogP) is 4.54. The molecule has 2 fully saturated rings. The summed E-state index contributed by atoms with van der Waals surface area (Å²) < 4.78 is 27.2. The summed E-state index contributed by atoms with van der Waals surface area (Å²) in [6.07, 6.45) is 5.25. The minimum absolute atomic E-state index is 0.0171. The van der Waals surface area contributed by atoms with Crippen molar-refractivity contribution in [3.05, 3.63) is 77.4 Å². The number of benzene rings is 2. The van der Waals surface area contributed by atoms with Crippen molar-refractivity contribution in [1.82, 2.24) is 25.2 Å². The number of hydrogen-bond acceptors (Lipinski definition) is 8. The van der Waals surface area contributed by atoms with E-state index in [0.29, 0.717) is 30.8 Å². The molecule has 1 saturated carbocycles. The molecule has 3 aliphatic heterocycles. The minimum Gasteiger partial charge on any atom is -0.444 e. The third kappa shape index (κ3) is 9.09. The van der Waals surface area contributed by atoms with Crippen LogP contribution in [0, 0.1) is 12.8 Å². The molecule has 2 aromatic rings. The summed E-state index contributed by atoms with van der Waals surface area (Å²) in [6.45, 7) is 7.76. The highest BCUT2D eigenvalue weighted by atomic mass is 32.2. The molecule has 3 N–H and O–H groups in total. The van der Waals surface area contributed by atoms with Crippen molar-refractivity contribution in [2.75, 3.05) is 6.54 Å². The first-order chi connectivity index (χ1) is 25.2. The van der Waals surface area contributed by atoms with Crippen LogP contribution in [0.15, 0.2) is 65.6 Å². The Labute approximate surface area is 312 Å².